The van der Waals surface area contributed by atoms with E-state index in [9.17, 15) is 0 Å². The minimum absolute atomic E-state index is 0.0623. The molecule has 0 radical (unpaired) electrons. The summed E-state index contributed by atoms with van der Waals surface area (Å²) >= 11 is 0. The van der Waals surface area contributed by atoms with Crippen LogP contribution < -0.4 is 4.74 Å². The molecular formula is C35H33NO2. The molecule has 6 aromatic rings. The van der Waals surface area contributed by atoms with Gasteiger partial charge in [-0.25, -0.2) is 0 Å². The number of hydrogen-bond acceptors (Lipinski definition) is 3. The molecule has 0 unspecified atom stereocenters. The lowest BCUT2D eigenvalue weighted by molar-refractivity contribution is 0.400. The van der Waals surface area contributed by atoms with Gasteiger partial charge in [-0.3, -0.25) is 4.98 Å². The molecule has 4 aromatic carbocycles. The third kappa shape index (κ3) is 3.60. The van der Waals surface area contributed by atoms with Gasteiger partial charge in [-0.05, 0) is 69.7 Å². The first-order valence-electron chi connectivity index (χ1n) is 13.6. The third-order valence-electron chi connectivity index (χ3n) is 7.57. The highest BCUT2D eigenvalue weighted by Gasteiger charge is 2.30. The van der Waals surface area contributed by atoms with Crippen LogP contribution in [0.15, 0.2) is 71.3 Å². The highest BCUT2D eigenvalue weighted by Crippen LogP contribution is 2.53. The van der Waals surface area contributed by atoms with Crippen molar-refractivity contribution in [3.63, 3.8) is 0 Å². The molecule has 2 aromatic heterocycles. The zero-order chi connectivity index (χ0) is 26.4. The minimum atomic E-state index is 0.0623. The van der Waals surface area contributed by atoms with Gasteiger partial charge in [-0.2, -0.15) is 0 Å². The summed E-state index contributed by atoms with van der Waals surface area (Å²) in [6.07, 6.45) is 3.81. The largest absolute Gasteiger partial charge is 0.456 e. The number of hydrogen-bond donors (Lipinski definition) is 0. The lowest BCUT2D eigenvalue weighted by Crippen LogP contribution is -2.12. The molecule has 0 aliphatic carbocycles. The lowest BCUT2D eigenvalue weighted by Gasteiger charge is -2.27. The molecule has 0 atom stereocenters. The molecule has 0 bridgehead atoms. The van der Waals surface area contributed by atoms with E-state index < -0.39 is 0 Å². The predicted molar refractivity (Wildman–Crippen MR) is 158 cm³/mol. The van der Waals surface area contributed by atoms with Crippen molar-refractivity contribution >= 4 is 43.5 Å². The summed E-state index contributed by atoms with van der Waals surface area (Å²) in [7, 11) is 0. The monoisotopic (exact) mass is 499 g/mol. The summed E-state index contributed by atoms with van der Waals surface area (Å²) < 4.78 is 13.4. The maximum atomic E-state index is 6.96. The standard InChI is InChI=1S/C35H33NO2/c1-34(2,3)18-20-10-9-12-21-22-14-15-36-32-25-17-28-30(23-11-7-8-13-27(23)37-28)26(19-35(4,5)6)33(25)38-29(31(22)32)16-24(20)21/h7-17H,18-19H2,1-6H3. The third-order valence-corrected chi connectivity index (χ3v) is 7.57. The van der Waals surface area contributed by atoms with Crippen LogP contribution >= 0.6 is 0 Å². The number of furan rings is 1. The Kier molecular flexibility index (Phi) is 4.80. The molecule has 190 valence electrons. The summed E-state index contributed by atoms with van der Waals surface area (Å²) in [6, 6.07) is 21.5. The van der Waals surface area contributed by atoms with Crippen molar-refractivity contribution in [2.24, 2.45) is 10.8 Å². The van der Waals surface area contributed by atoms with E-state index in [-0.39, 0.29) is 10.8 Å². The average Bonchev–Trinajstić information content (AvgIpc) is 3.22. The number of ether oxygens (including phenoxy) is 1. The second-order valence-electron chi connectivity index (χ2n) is 13.2. The normalized spacial score (nSPS) is 13.4. The van der Waals surface area contributed by atoms with Crippen LogP contribution in [-0.4, -0.2) is 4.98 Å². The van der Waals surface area contributed by atoms with Crippen LogP contribution in [0.3, 0.4) is 0 Å². The molecule has 7 rings (SSSR count). The van der Waals surface area contributed by atoms with Gasteiger partial charge in [0.15, 0.2) is 0 Å². The van der Waals surface area contributed by atoms with E-state index in [1.807, 2.05) is 18.3 Å². The summed E-state index contributed by atoms with van der Waals surface area (Å²) in [5.41, 5.74) is 6.58. The van der Waals surface area contributed by atoms with Crippen molar-refractivity contribution in [1.82, 2.24) is 4.98 Å². The van der Waals surface area contributed by atoms with Crippen molar-refractivity contribution < 1.29 is 9.15 Å². The van der Waals surface area contributed by atoms with Crippen LogP contribution in [0.5, 0.6) is 11.5 Å². The Hall–Kier alpha value is -3.85. The Bertz CT molecular complexity index is 1910. The lowest BCUT2D eigenvalue weighted by atomic mass is 9.83. The van der Waals surface area contributed by atoms with E-state index in [2.05, 4.69) is 90.1 Å². The fraction of sp³-hybridized carbons (Fsp3) is 0.286. The van der Waals surface area contributed by atoms with Gasteiger partial charge in [-0.15, -0.1) is 0 Å². The van der Waals surface area contributed by atoms with Crippen LogP contribution in [-0.2, 0) is 12.8 Å². The highest BCUT2D eigenvalue weighted by molar-refractivity contribution is 6.18. The fourth-order valence-corrected chi connectivity index (χ4v) is 6.22. The molecule has 3 heterocycles. The molecular weight excluding hydrogens is 466 g/mol. The Morgan fingerprint density at radius 2 is 1.45 bits per heavy atom. The molecule has 0 N–H and O–H groups in total. The quantitative estimate of drug-likeness (QED) is 0.222. The van der Waals surface area contributed by atoms with Crippen molar-refractivity contribution in [3.8, 4) is 22.8 Å². The van der Waals surface area contributed by atoms with E-state index >= 15 is 0 Å². The molecule has 1 aliphatic heterocycles. The number of para-hydroxylation sites is 1. The highest BCUT2D eigenvalue weighted by atomic mass is 16.5. The Morgan fingerprint density at radius 3 is 2.24 bits per heavy atom. The number of nitrogens with zero attached hydrogens (tertiary/aromatic N) is 1. The summed E-state index contributed by atoms with van der Waals surface area (Å²) in [5.74, 6) is 1.81. The second-order valence-corrected chi connectivity index (χ2v) is 13.2. The molecule has 3 nitrogen and oxygen atoms in total. The first-order valence-corrected chi connectivity index (χ1v) is 13.6. The van der Waals surface area contributed by atoms with Crippen LogP contribution in [0.25, 0.3) is 54.7 Å². The average molecular weight is 500 g/mol. The minimum Gasteiger partial charge on any atom is -0.456 e. The Morgan fingerprint density at radius 1 is 0.684 bits per heavy atom. The summed E-state index contributed by atoms with van der Waals surface area (Å²) in [6.45, 7) is 13.7. The van der Waals surface area contributed by atoms with Gasteiger partial charge in [0, 0.05) is 28.1 Å². The van der Waals surface area contributed by atoms with Gasteiger partial charge in [0.25, 0.3) is 0 Å². The maximum absolute atomic E-state index is 6.96. The molecule has 3 heteroatoms. The van der Waals surface area contributed by atoms with Gasteiger partial charge in [0.2, 0.25) is 0 Å². The van der Waals surface area contributed by atoms with E-state index in [1.165, 1.54) is 27.3 Å². The van der Waals surface area contributed by atoms with Gasteiger partial charge in [-0.1, -0.05) is 77.9 Å². The molecule has 0 saturated heterocycles. The number of fused-ring (bicyclic) bond motifs is 7. The van der Waals surface area contributed by atoms with Crippen molar-refractivity contribution in [2.45, 2.75) is 54.4 Å². The van der Waals surface area contributed by atoms with Gasteiger partial charge in [0.1, 0.15) is 22.7 Å². The summed E-state index contributed by atoms with van der Waals surface area (Å²) in [5, 5.41) is 7.07. The van der Waals surface area contributed by atoms with Crippen molar-refractivity contribution in [1.29, 1.82) is 0 Å². The predicted octanol–water partition coefficient (Wildman–Crippen LogP) is 10.2. The van der Waals surface area contributed by atoms with E-state index in [4.69, 9.17) is 14.1 Å². The van der Waals surface area contributed by atoms with Crippen molar-refractivity contribution in [2.75, 3.05) is 0 Å². The number of pyridine rings is 1. The van der Waals surface area contributed by atoms with Gasteiger partial charge >= 0.3 is 0 Å². The zero-order valence-corrected chi connectivity index (χ0v) is 23.0. The Balaban J connectivity index is 1.58. The molecule has 0 saturated carbocycles. The van der Waals surface area contributed by atoms with Crippen LogP contribution in [0.4, 0.5) is 0 Å². The fourth-order valence-electron chi connectivity index (χ4n) is 6.22. The molecule has 0 spiro atoms. The molecule has 38 heavy (non-hydrogen) atoms. The van der Waals surface area contributed by atoms with Crippen LogP contribution in [0, 0.1) is 10.8 Å². The van der Waals surface area contributed by atoms with Gasteiger partial charge in [0.05, 0.1) is 11.1 Å². The number of aromatic nitrogens is 1. The van der Waals surface area contributed by atoms with E-state index in [1.54, 1.807) is 0 Å². The van der Waals surface area contributed by atoms with Crippen LogP contribution in [0.1, 0.15) is 52.7 Å². The zero-order valence-electron chi connectivity index (χ0n) is 23.0. The SMILES string of the molecule is CC(C)(C)Cc1cccc2c1cc1c3c(nccc32)-c2cc3oc4ccccc4c3c(CC(C)(C)C)c2O1. The number of rotatable bonds is 2. The molecule has 0 amide bonds. The molecule has 1 aliphatic rings. The number of benzene rings is 4. The first kappa shape index (κ1) is 23.3. The second kappa shape index (κ2) is 7.83. The van der Waals surface area contributed by atoms with Crippen LogP contribution in [0.2, 0.25) is 0 Å². The maximum Gasteiger partial charge on any atom is 0.140 e. The Labute approximate surface area is 223 Å². The smallest absolute Gasteiger partial charge is 0.140 e. The van der Waals surface area contributed by atoms with Gasteiger partial charge < -0.3 is 9.15 Å². The van der Waals surface area contributed by atoms with E-state index in [0.717, 1.165) is 62.9 Å². The first-order chi connectivity index (χ1) is 18.1. The topological polar surface area (TPSA) is 35.3 Å². The van der Waals surface area contributed by atoms with Crippen molar-refractivity contribution in [3.05, 3.63) is 78.0 Å². The summed E-state index contributed by atoms with van der Waals surface area (Å²) in [4.78, 5) is 4.94. The molecule has 0 fully saturated rings. The van der Waals surface area contributed by atoms with E-state index in [0.29, 0.717) is 0 Å².